The van der Waals surface area contributed by atoms with E-state index in [4.69, 9.17) is 0 Å². The van der Waals surface area contributed by atoms with E-state index < -0.39 is 0 Å². The van der Waals surface area contributed by atoms with Crippen molar-refractivity contribution in [2.45, 2.75) is 41.5 Å². The lowest BCUT2D eigenvalue weighted by Gasteiger charge is -2.25. The number of hydrogen-bond acceptors (Lipinski definition) is 0. The molecule has 0 nitrogen and oxygen atoms in total. The Morgan fingerprint density at radius 3 is 1.07 bits per heavy atom. The fourth-order valence-corrected chi connectivity index (χ4v) is 7.97. The molecule has 7 aromatic carbocycles. The Labute approximate surface area is 268 Å². The van der Waals surface area contributed by atoms with E-state index in [9.17, 15) is 0 Å². The summed E-state index contributed by atoms with van der Waals surface area (Å²) in [5, 5.41) is 5.15. The predicted octanol–water partition coefficient (Wildman–Crippen LogP) is 9.69. The van der Waals surface area contributed by atoms with Crippen molar-refractivity contribution in [3.05, 3.63) is 161 Å². The van der Waals surface area contributed by atoms with Crippen LogP contribution in [0, 0.1) is 41.5 Å². The van der Waals surface area contributed by atoms with Gasteiger partial charge in [0.05, 0.1) is 0 Å². The van der Waals surface area contributed by atoms with Crippen LogP contribution in [0.5, 0.6) is 0 Å². The molecule has 0 heterocycles. The van der Waals surface area contributed by atoms with Gasteiger partial charge in [0.1, 0.15) is 0 Å². The maximum absolute atomic E-state index is 2.38. The van der Waals surface area contributed by atoms with Crippen molar-refractivity contribution < 1.29 is 0 Å². The van der Waals surface area contributed by atoms with Gasteiger partial charge in [-0.25, -0.2) is 0 Å². The monoisotopic (exact) mass is 578 g/mol. The summed E-state index contributed by atoms with van der Waals surface area (Å²) in [6.45, 7) is 13.7. The molecule has 1 heteroatoms. The van der Waals surface area contributed by atoms with E-state index in [-0.39, 0.29) is 6.71 Å². The number of aryl methyl sites for hydroxylation is 6. The van der Waals surface area contributed by atoms with Crippen molar-refractivity contribution in [3.63, 3.8) is 0 Å². The molecule has 0 radical (unpaired) electrons. The van der Waals surface area contributed by atoms with Crippen molar-refractivity contribution >= 4 is 44.6 Å². The first-order chi connectivity index (χ1) is 21.8. The predicted molar refractivity (Wildman–Crippen MR) is 198 cm³/mol. The molecule has 7 rings (SSSR count). The zero-order valence-electron chi connectivity index (χ0n) is 27.2. The Hall–Kier alpha value is -4.88. The Kier molecular flexibility index (Phi) is 7.42. The minimum atomic E-state index is 0.161. The van der Waals surface area contributed by atoms with Crippen LogP contribution in [-0.4, -0.2) is 6.71 Å². The molecule has 0 spiro atoms. The van der Waals surface area contributed by atoms with Crippen LogP contribution >= 0.6 is 0 Å². The highest BCUT2D eigenvalue weighted by Gasteiger charge is 2.28. The van der Waals surface area contributed by atoms with Crippen LogP contribution in [0.1, 0.15) is 33.4 Å². The van der Waals surface area contributed by atoms with Crippen LogP contribution in [-0.2, 0) is 0 Å². The normalized spacial score (nSPS) is 11.3. The molecule has 0 aliphatic heterocycles. The SMILES string of the molecule is Cc1cc(C)c(B(c2ccc(-c3c4ccccc4c(-c4ccccc4)c4ccccc34)cc2)c2c(C)cc(C)cc2C)c(C)c1. The summed E-state index contributed by atoms with van der Waals surface area (Å²) in [6.07, 6.45) is 0. The molecular formula is C44H39B. The van der Waals surface area contributed by atoms with Crippen LogP contribution < -0.4 is 16.4 Å². The third-order valence-electron chi connectivity index (χ3n) is 9.58. The number of rotatable bonds is 5. The summed E-state index contributed by atoms with van der Waals surface area (Å²) in [6, 6.07) is 47.5. The van der Waals surface area contributed by atoms with E-state index >= 15 is 0 Å². The third kappa shape index (κ3) is 5.07. The van der Waals surface area contributed by atoms with Gasteiger partial charge in [-0.05, 0) is 85.3 Å². The van der Waals surface area contributed by atoms with Gasteiger partial charge in [0.15, 0.2) is 0 Å². The molecule has 0 amide bonds. The van der Waals surface area contributed by atoms with Gasteiger partial charge < -0.3 is 0 Å². The highest BCUT2D eigenvalue weighted by atomic mass is 14.2. The first-order valence-corrected chi connectivity index (χ1v) is 16.1. The fraction of sp³-hybridized carbons (Fsp3) is 0.136. The Morgan fingerprint density at radius 2 is 0.689 bits per heavy atom. The largest absolute Gasteiger partial charge is 0.242 e. The van der Waals surface area contributed by atoms with Gasteiger partial charge in [0.2, 0.25) is 6.71 Å². The van der Waals surface area contributed by atoms with Crippen LogP contribution in [0.25, 0.3) is 43.8 Å². The molecule has 0 aliphatic rings. The van der Waals surface area contributed by atoms with E-state index in [0.29, 0.717) is 0 Å². The molecule has 0 saturated carbocycles. The van der Waals surface area contributed by atoms with Gasteiger partial charge in [-0.15, -0.1) is 0 Å². The lowest BCUT2D eigenvalue weighted by molar-refractivity contribution is 1.34. The van der Waals surface area contributed by atoms with Crippen LogP contribution in [0.15, 0.2) is 127 Å². The first-order valence-electron chi connectivity index (χ1n) is 16.1. The van der Waals surface area contributed by atoms with Crippen molar-refractivity contribution in [1.29, 1.82) is 0 Å². The summed E-state index contributed by atoms with van der Waals surface area (Å²) in [7, 11) is 0. The maximum atomic E-state index is 2.38. The molecule has 45 heavy (non-hydrogen) atoms. The molecule has 0 fully saturated rings. The van der Waals surface area contributed by atoms with Crippen LogP contribution in [0.2, 0.25) is 0 Å². The van der Waals surface area contributed by atoms with Crippen molar-refractivity contribution in [2.75, 3.05) is 0 Å². The average molecular weight is 579 g/mol. The van der Waals surface area contributed by atoms with Gasteiger partial charge in [-0.3, -0.25) is 0 Å². The lowest BCUT2D eigenvalue weighted by Crippen LogP contribution is -2.55. The summed E-state index contributed by atoms with van der Waals surface area (Å²) in [5.74, 6) is 0. The lowest BCUT2D eigenvalue weighted by atomic mass is 9.34. The maximum Gasteiger partial charge on any atom is 0.242 e. The number of hydrogen-bond donors (Lipinski definition) is 0. The smallest absolute Gasteiger partial charge is 0.0686 e. The molecule has 0 atom stereocenters. The second-order valence-corrected chi connectivity index (χ2v) is 12.9. The zero-order chi connectivity index (χ0) is 31.2. The minimum absolute atomic E-state index is 0.161. The van der Waals surface area contributed by atoms with Gasteiger partial charge >= 0.3 is 0 Å². The first kappa shape index (κ1) is 28.9. The zero-order valence-corrected chi connectivity index (χ0v) is 27.2. The average Bonchev–Trinajstić information content (AvgIpc) is 3.02. The quantitative estimate of drug-likeness (QED) is 0.141. The second-order valence-electron chi connectivity index (χ2n) is 12.9. The summed E-state index contributed by atoms with van der Waals surface area (Å²) in [4.78, 5) is 0. The Morgan fingerprint density at radius 1 is 0.356 bits per heavy atom. The Balaban J connectivity index is 1.46. The Bertz CT molecular complexity index is 2040. The van der Waals surface area contributed by atoms with E-state index in [1.54, 1.807) is 0 Å². The fourth-order valence-electron chi connectivity index (χ4n) is 7.97. The van der Waals surface area contributed by atoms with Crippen molar-refractivity contribution in [3.8, 4) is 22.3 Å². The molecule has 0 aromatic heterocycles. The highest BCUT2D eigenvalue weighted by Crippen LogP contribution is 2.43. The molecule has 0 N–H and O–H groups in total. The minimum Gasteiger partial charge on any atom is -0.0686 e. The van der Waals surface area contributed by atoms with E-state index in [0.717, 1.165) is 0 Å². The summed E-state index contributed by atoms with van der Waals surface area (Å²) >= 11 is 0. The standard InChI is InChI=1S/C44H39B/c1-28-24-30(3)43(31(4)25-28)45(44-32(5)26-29(2)27-33(44)6)36-22-20-35(21-23-36)42-39-18-12-10-16-37(39)41(34-14-8-7-9-15-34)38-17-11-13-19-40(38)42/h7-27H,1-6H3. The van der Waals surface area contributed by atoms with Crippen LogP contribution in [0.4, 0.5) is 0 Å². The summed E-state index contributed by atoms with van der Waals surface area (Å²) in [5.41, 5.74) is 17.3. The van der Waals surface area contributed by atoms with Gasteiger partial charge in [-0.1, -0.05) is 177 Å². The topological polar surface area (TPSA) is 0 Å². The molecule has 218 valence electrons. The number of benzene rings is 7. The molecule has 7 aromatic rings. The number of fused-ring (bicyclic) bond motifs is 2. The van der Waals surface area contributed by atoms with Crippen molar-refractivity contribution in [2.24, 2.45) is 0 Å². The van der Waals surface area contributed by atoms with Gasteiger partial charge in [0.25, 0.3) is 0 Å². The van der Waals surface area contributed by atoms with Crippen LogP contribution in [0.3, 0.4) is 0 Å². The van der Waals surface area contributed by atoms with Crippen molar-refractivity contribution in [1.82, 2.24) is 0 Å². The van der Waals surface area contributed by atoms with Gasteiger partial charge in [0, 0.05) is 0 Å². The second kappa shape index (κ2) is 11.6. The van der Waals surface area contributed by atoms with E-state index in [2.05, 4.69) is 169 Å². The van der Waals surface area contributed by atoms with E-state index in [1.165, 1.54) is 93.6 Å². The molecule has 0 unspecified atom stereocenters. The molecule has 0 bridgehead atoms. The molecular weight excluding hydrogens is 539 g/mol. The third-order valence-corrected chi connectivity index (χ3v) is 9.58. The summed E-state index contributed by atoms with van der Waals surface area (Å²) < 4.78 is 0. The van der Waals surface area contributed by atoms with Gasteiger partial charge in [-0.2, -0.15) is 0 Å². The highest BCUT2D eigenvalue weighted by molar-refractivity contribution is 6.96. The van der Waals surface area contributed by atoms with E-state index in [1.807, 2.05) is 0 Å². The molecule has 0 saturated heterocycles. The molecule has 0 aliphatic carbocycles.